The summed E-state index contributed by atoms with van der Waals surface area (Å²) in [7, 11) is 0. The van der Waals surface area contributed by atoms with Crippen LogP contribution in [0, 0.1) is 78.8 Å². The van der Waals surface area contributed by atoms with Gasteiger partial charge < -0.3 is 38.8 Å². The molecule has 0 spiro atoms. The third kappa shape index (κ3) is 9.03. The van der Waals surface area contributed by atoms with Gasteiger partial charge in [-0.3, -0.25) is 38.4 Å². The summed E-state index contributed by atoms with van der Waals surface area (Å²) in [5.74, 6) is -3.89. The number of hydrogen-bond donors (Lipinski definition) is 2. The lowest BCUT2D eigenvalue weighted by atomic mass is 9.38. The van der Waals surface area contributed by atoms with Crippen molar-refractivity contribution in [2.75, 3.05) is 0 Å². The molecule has 0 aromatic carbocycles. The summed E-state index contributed by atoms with van der Waals surface area (Å²) in [6.07, 6.45) is 4.18. The summed E-state index contributed by atoms with van der Waals surface area (Å²) in [6, 6.07) is 0. The quantitative estimate of drug-likeness (QED) is 0.0573. The van der Waals surface area contributed by atoms with Crippen LogP contribution in [0.15, 0.2) is 33.6 Å². The number of allylic oxidation sites excluding steroid dienone is 2. The number of ketones is 2. The molecular formula is C60H86N2O16. The van der Waals surface area contributed by atoms with Gasteiger partial charge in [0.1, 0.15) is 48.2 Å². The molecular weight excluding hydrogens is 1000 g/mol. The van der Waals surface area contributed by atoms with Crippen molar-refractivity contribution >= 4 is 58.8 Å². The van der Waals surface area contributed by atoms with Gasteiger partial charge in [-0.15, -0.1) is 0 Å². The Morgan fingerprint density at radius 2 is 0.731 bits per heavy atom. The second-order valence-corrected chi connectivity index (χ2v) is 26.8. The van der Waals surface area contributed by atoms with E-state index in [1.807, 2.05) is 41.5 Å². The molecule has 0 aliphatic heterocycles. The highest BCUT2D eigenvalue weighted by atomic mass is 16.6. The molecule has 0 radical (unpaired) electrons. The molecule has 18 atom stereocenters. The fraction of sp³-hybridized carbons (Fsp3) is 0.767. The van der Waals surface area contributed by atoms with Gasteiger partial charge in [0, 0.05) is 87.9 Å². The minimum absolute atomic E-state index is 0.0985. The zero-order valence-corrected chi connectivity index (χ0v) is 49.2. The molecule has 6 saturated carbocycles. The van der Waals surface area contributed by atoms with Crippen LogP contribution in [-0.4, -0.2) is 106 Å². The van der Waals surface area contributed by atoms with Gasteiger partial charge in [-0.25, -0.2) is 0 Å². The van der Waals surface area contributed by atoms with Crippen molar-refractivity contribution in [2.45, 2.75) is 213 Å². The average Bonchev–Trinajstić information content (AvgIpc) is 3.80. The highest BCUT2D eigenvalue weighted by Gasteiger charge is 2.76. The number of ether oxygens (including phenoxy) is 6. The Labute approximate surface area is 459 Å². The van der Waals surface area contributed by atoms with Crippen LogP contribution in [0.5, 0.6) is 0 Å². The van der Waals surface area contributed by atoms with Gasteiger partial charge in [0.25, 0.3) is 0 Å². The van der Waals surface area contributed by atoms with Crippen molar-refractivity contribution < 1.29 is 77.2 Å². The molecule has 8 rings (SSSR count). The highest BCUT2D eigenvalue weighted by molar-refractivity contribution is 5.93. The molecule has 432 valence electrons. The van der Waals surface area contributed by atoms with E-state index in [2.05, 4.69) is 50.2 Å². The molecule has 6 fully saturated rings. The van der Waals surface area contributed by atoms with Gasteiger partial charge in [0.15, 0.2) is 0 Å². The van der Waals surface area contributed by atoms with Crippen molar-refractivity contribution in [3.05, 3.63) is 23.3 Å². The first-order valence-corrected chi connectivity index (χ1v) is 27.8. The van der Waals surface area contributed by atoms with Crippen LogP contribution in [-0.2, 0) is 66.8 Å². The topological polar surface area (TPSA) is 257 Å². The monoisotopic (exact) mass is 1090 g/mol. The number of Topliss-reactive ketones (excluding diaryl/α,β-unsaturated/α-hetero) is 2. The van der Waals surface area contributed by atoms with Crippen LogP contribution in [0.3, 0.4) is 0 Å². The summed E-state index contributed by atoms with van der Waals surface area (Å²) >= 11 is 0. The fourth-order valence-electron chi connectivity index (χ4n) is 18.7. The summed E-state index contributed by atoms with van der Waals surface area (Å²) in [6.45, 7) is 32.1. The minimum Gasteiger partial charge on any atom is -0.462 e. The Bertz CT molecular complexity index is 2490. The van der Waals surface area contributed by atoms with E-state index in [4.69, 9.17) is 28.4 Å². The number of oxime groups is 2. The summed E-state index contributed by atoms with van der Waals surface area (Å²) in [5, 5.41) is 26.5. The van der Waals surface area contributed by atoms with Crippen molar-refractivity contribution in [3.8, 4) is 0 Å². The van der Waals surface area contributed by atoms with Crippen LogP contribution in [0.2, 0.25) is 0 Å². The van der Waals surface area contributed by atoms with Crippen LogP contribution in [0.1, 0.15) is 176 Å². The van der Waals surface area contributed by atoms with Gasteiger partial charge in [0.2, 0.25) is 0 Å². The Morgan fingerprint density at radius 1 is 0.449 bits per heavy atom. The van der Waals surface area contributed by atoms with Gasteiger partial charge >= 0.3 is 35.8 Å². The normalized spacial score (nSPS) is 42.8. The number of carbonyl (C=O) groups excluding carboxylic acids is 8. The van der Waals surface area contributed by atoms with Crippen molar-refractivity contribution in [3.63, 3.8) is 0 Å². The Balaban J connectivity index is 0.000000226. The Hall–Kier alpha value is -5.42. The Morgan fingerprint density at radius 3 is 1.00 bits per heavy atom. The van der Waals surface area contributed by atoms with E-state index in [-0.39, 0.29) is 48.1 Å². The molecule has 0 amide bonds. The molecule has 8 aliphatic rings. The lowest BCUT2D eigenvalue weighted by Gasteiger charge is -2.64. The Kier molecular flexibility index (Phi) is 15.7. The molecule has 0 aromatic heterocycles. The number of nitrogens with zero attached hydrogens (tertiary/aromatic N) is 2. The fourth-order valence-corrected chi connectivity index (χ4v) is 18.7. The number of rotatable bonds is 8. The first-order chi connectivity index (χ1) is 35.9. The van der Waals surface area contributed by atoms with E-state index in [0.717, 1.165) is 11.1 Å². The van der Waals surface area contributed by atoms with Crippen LogP contribution in [0.4, 0.5) is 0 Å². The van der Waals surface area contributed by atoms with E-state index < -0.39 is 128 Å². The maximum atomic E-state index is 14.4. The molecule has 0 unspecified atom stereocenters. The molecule has 0 saturated heterocycles. The largest absolute Gasteiger partial charge is 0.462 e. The third-order valence-electron chi connectivity index (χ3n) is 22.2. The van der Waals surface area contributed by atoms with Crippen LogP contribution >= 0.6 is 0 Å². The molecule has 8 aliphatic carbocycles. The molecule has 0 heterocycles. The van der Waals surface area contributed by atoms with Gasteiger partial charge in [0.05, 0.1) is 11.4 Å². The second-order valence-electron chi connectivity index (χ2n) is 26.8. The molecule has 0 bridgehead atoms. The third-order valence-corrected chi connectivity index (χ3v) is 22.2. The van der Waals surface area contributed by atoms with Gasteiger partial charge in [-0.1, -0.05) is 103 Å². The summed E-state index contributed by atoms with van der Waals surface area (Å²) < 4.78 is 34.6. The molecule has 0 aromatic rings. The zero-order valence-electron chi connectivity index (χ0n) is 49.2. The van der Waals surface area contributed by atoms with E-state index >= 15 is 0 Å². The molecule has 18 heteroatoms. The maximum Gasteiger partial charge on any atom is 0.303 e. The van der Waals surface area contributed by atoms with Gasteiger partial charge in [-0.2, -0.15) is 0 Å². The highest BCUT2D eigenvalue weighted by Crippen LogP contribution is 2.76. The standard InChI is InChI=1S/2C30H43NO8/c2*1-15(31-36)25-22(38-17(3)33)13-28(7)23-11-10-19-20(30(23,9)24(35)14-29(25,28)8)12-21(37-16(2)32)26(27(19,5)6)39-18(4)34/h2*10,20-23,25-26,36H,11-14H2,1-9H3/b2*31-15+/t2*20-,21+,22-,23+,25+,26-,28+,29-,30+/m11/s1. The predicted molar refractivity (Wildman–Crippen MR) is 283 cm³/mol. The van der Waals surface area contributed by atoms with Crippen molar-refractivity contribution in [2.24, 2.45) is 89.1 Å². The van der Waals surface area contributed by atoms with Crippen molar-refractivity contribution in [1.29, 1.82) is 0 Å². The number of hydrogen-bond acceptors (Lipinski definition) is 18. The first kappa shape index (κ1) is 60.2. The first-order valence-electron chi connectivity index (χ1n) is 27.8. The van der Waals surface area contributed by atoms with Crippen molar-refractivity contribution in [1.82, 2.24) is 0 Å². The lowest BCUT2D eigenvalue weighted by Crippen LogP contribution is -2.65. The zero-order chi connectivity index (χ0) is 58.6. The number of fused-ring (bicyclic) bond motifs is 10. The number of carbonyl (C=O) groups is 8. The maximum absolute atomic E-state index is 14.4. The summed E-state index contributed by atoms with van der Waals surface area (Å²) in [4.78, 5) is 101. The lowest BCUT2D eigenvalue weighted by molar-refractivity contribution is -0.191. The summed E-state index contributed by atoms with van der Waals surface area (Å²) in [5.41, 5.74) is -1.94. The van der Waals surface area contributed by atoms with E-state index in [1.165, 1.54) is 41.5 Å². The van der Waals surface area contributed by atoms with E-state index in [9.17, 15) is 48.8 Å². The molecule has 18 nitrogen and oxygen atoms in total. The van der Waals surface area contributed by atoms with Gasteiger partial charge in [-0.05, 0) is 97.7 Å². The second kappa shape index (κ2) is 20.3. The van der Waals surface area contributed by atoms with E-state index in [1.54, 1.807) is 13.8 Å². The molecule has 2 N–H and O–H groups in total. The van der Waals surface area contributed by atoms with Crippen LogP contribution < -0.4 is 0 Å². The number of esters is 6. The SMILES string of the molecule is CC(=O)O[C@H]1C[C@@H]2C(=CC[C@@H]3[C@@]2(C)C(=O)C[C@]2(C)[C@@H](/C(C)=N/O)[C@H](OC(C)=O)C[C@@]32C)C(C)(C)[C@@H]1OC(C)=O.CC(=O)O[C@H]1C[C@@H]2C(=CC[C@@H]3[C@@]2(C)C(=O)C[C@]2(C)[C@@H](/C(C)=N/O)[C@H](OC(C)=O)C[C@@]32C)C(C)(C)[C@@H]1OC(C)=O. The average molecular weight is 1090 g/mol. The predicted octanol–water partition coefficient (Wildman–Crippen LogP) is 9.27. The minimum atomic E-state index is -0.783. The smallest absolute Gasteiger partial charge is 0.303 e. The van der Waals surface area contributed by atoms with Crippen LogP contribution in [0.25, 0.3) is 0 Å². The molecule has 78 heavy (non-hydrogen) atoms. The van der Waals surface area contributed by atoms with E-state index in [0.29, 0.717) is 49.9 Å².